The van der Waals surface area contributed by atoms with Gasteiger partial charge in [0.15, 0.2) is 11.6 Å². The molecule has 1 heterocycles. The van der Waals surface area contributed by atoms with Crippen molar-refractivity contribution in [1.82, 2.24) is 19.7 Å². The van der Waals surface area contributed by atoms with E-state index in [1.165, 1.54) is 32.2 Å². The van der Waals surface area contributed by atoms with Crippen molar-refractivity contribution in [3.05, 3.63) is 35.7 Å². The maximum absolute atomic E-state index is 12.4. The van der Waals surface area contributed by atoms with Gasteiger partial charge in [-0.25, -0.2) is 13.1 Å². The van der Waals surface area contributed by atoms with E-state index in [1.807, 2.05) is 0 Å². The van der Waals surface area contributed by atoms with Gasteiger partial charge >= 0.3 is 6.01 Å². The van der Waals surface area contributed by atoms with Gasteiger partial charge in [0.1, 0.15) is 0 Å². The molecule has 0 aliphatic carbocycles. The van der Waals surface area contributed by atoms with Gasteiger partial charge in [0.25, 0.3) is 0 Å². The lowest BCUT2D eigenvalue weighted by Crippen LogP contribution is -2.25. The Morgan fingerprint density at radius 2 is 1.96 bits per heavy atom. The van der Waals surface area contributed by atoms with Gasteiger partial charge in [0.2, 0.25) is 16.0 Å². The summed E-state index contributed by atoms with van der Waals surface area (Å²) in [5.74, 6) is 0.344. The van der Waals surface area contributed by atoms with Crippen LogP contribution in [0.5, 0.6) is 6.01 Å². The average molecular weight is 365 g/mol. The summed E-state index contributed by atoms with van der Waals surface area (Å²) in [7, 11) is 1.08. The number of nitrogens with zero attached hydrogens (tertiary/aromatic N) is 4. The molecule has 9 nitrogen and oxygen atoms in total. The number of nitrogens with one attached hydrogen (secondary N) is 1. The van der Waals surface area contributed by atoms with Gasteiger partial charge in [0, 0.05) is 19.7 Å². The van der Waals surface area contributed by atoms with Crippen LogP contribution in [0.3, 0.4) is 0 Å². The predicted octanol–water partition coefficient (Wildman–Crippen LogP) is 0.627. The first kappa shape index (κ1) is 18.7. The monoisotopic (exact) mass is 365 g/mol. The molecule has 1 aromatic heterocycles. The number of ketones is 1. The highest BCUT2D eigenvalue weighted by molar-refractivity contribution is 7.89. The van der Waals surface area contributed by atoms with Crippen molar-refractivity contribution >= 4 is 21.8 Å². The molecule has 2 aromatic rings. The SMILES string of the molecule is COc1nc(CNS(=O)(=O)c2cccc(C(C)=O)c2)nc(N(C)C)n1. The van der Waals surface area contributed by atoms with Crippen molar-refractivity contribution in [1.29, 1.82) is 0 Å². The molecule has 134 valence electrons. The molecule has 0 saturated heterocycles. The number of hydrogen-bond acceptors (Lipinski definition) is 8. The largest absolute Gasteiger partial charge is 0.467 e. The lowest BCUT2D eigenvalue weighted by Gasteiger charge is -2.12. The number of Topliss-reactive ketones (excluding diaryl/α,β-unsaturated/α-hetero) is 1. The topological polar surface area (TPSA) is 114 Å². The third-order valence-electron chi connectivity index (χ3n) is 3.20. The van der Waals surface area contributed by atoms with Crippen LogP contribution in [-0.4, -0.2) is 50.4 Å². The van der Waals surface area contributed by atoms with E-state index in [4.69, 9.17) is 4.74 Å². The van der Waals surface area contributed by atoms with E-state index in [0.29, 0.717) is 11.5 Å². The Balaban J connectivity index is 2.24. The summed E-state index contributed by atoms with van der Waals surface area (Å²) >= 11 is 0. The Labute approximate surface area is 146 Å². The van der Waals surface area contributed by atoms with E-state index in [9.17, 15) is 13.2 Å². The highest BCUT2D eigenvalue weighted by atomic mass is 32.2. The van der Waals surface area contributed by atoms with E-state index in [2.05, 4.69) is 19.7 Å². The fraction of sp³-hybridized carbons (Fsp3) is 0.333. The highest BCUT2D eigenvalue weighted by Crippen LogP contribution is 2.14. The Hall–Kier alpha value is -2.59. The molecule has 0 aliphatic rings. The molecule has 0 unspecified atom stereocenters. The molecule has 25 heavy (non-hydrogen) atoms. The molecule has 0 atom stereocenters. The number of rotatable bonds is 7. The lowest BCUT2D eigenvalue weighted by atomic mass is 10.2. The molecule has 10 heteroatoms. The van der Waals surface area contributed by atoms with Gasteiger partial charge in [-0.3, -0.25) is 4.79 Å². The Bertz CT molecular complexity index is 883. The number of methoxy groups -OCH3 is 1. The molecule has 0 saturated carbocycles. The Morgan fingerprint density at radius 1 is 1.24 bits per heavy atom. The number of anilines is 1. The quantitative estimate of drug-likeness (QED) is 0.711. The number of benzene rings is 1. The van der Waals surface area contributed by atoms with Crippen LogP contribution in [-0.2, 0) is 16.6 Å². The number of carbonyl (C=O) groups is 1. The van der Waals surface area contributed by atoms with Crippen LogP contribution in [0, 0.1) is 0 Å². The minimum absolute atomic E-state index is 0.00551. The normalized spacial score (nSPS) is 11.2. The molecule has 0 fully saturated rings. The first-order chi connectivity index (χ1) is 11.7. The van der Waals surface area contributed by atoms with Crippen molar-refractivity contribution in [2.24, 2.45) is 0 Å². The molecule has 1 N–H and O–H groups in total. The van der Waals surface area contributed by atoms with Crippen LogP contribution < -0.4 is 14.4 Å². The van der Waals surface area contributed by atoms with E-state index in [1.54, 1.807) is 25.1 Å². The minimum Gasteiger partial charge on any atom is -0.467 e. The van der Waals surface area contributed by atoms with E-state index < -0.39 is 10.0 Å². The van der Waals surface area contributed by atoms with Crippen LogP contribution >= 0.6 is 0 Å². The number of carbonyl (C=O) groups excluding carboxylic acids is 1. The van der Waals surface area contributed by atoms with Gasteiger partial charge in [-0.1, -0.05) is 12.1 Å². The molecule has 0 bridgehead atoms. The molecule has 2 rings (SSSR count). The number of sulfonamides is 1. The fourth-order valence-corrected chi connectivity index (χ4v) is 2.91. The van der Waals surface area contributed by atoms with Crippen LogP contribution in [0.15, 0.2) is 29.2 Å². The average Bonchev–Trinajstić information content (AvgIpc) is 2.59. The molecule has 0 radical (unpaired) electrons. The smallest absolute Gasteiger partial charge is 0.321 e. The van der Waals surface area contributed by atoms with E-state index in [-0.39, 0.29) is 29.1 Å². The standard InChI is InChI=1S/C15H19N5O4S/c1-10(21)11-6-5-7-12(8-11)25(22,23)16-9-13-17-14(20(2)3)19-15(18-13)24-4/h5-8,16H,9H2,1-4H3. The van der Waals surface area contributed by atoms with Crippen LogP contribution in [0.4, 0.5) is 5.95 Å². The van der Waals surface area contributed by atoms with Gasteiger partial charge in [-0.2, -0.15) is 15.0 Å². The zero-order valence-corrected chi connectivity index (χ0v) is 15.2. The first-order valence-corrected chi connectivity index (χ1v) is 8.78. The van der Waals surface area contributed by atoms with Gasteiger partial charge in [-0.15, -0.1) is 0 Å². The minimum atomic E-state index is -3.82. The second-order valence-electron chi connectivity index (χ2n) is 5.34. The molecular weight excluding hydrogens is 346 g/mol. The summed E-state index contributed by atoms with van der Waals surface area (Å²) in [6.45, 7) is 1.23. The highest BCUT2D eigenvalue weighted by Gasteiger charge is 2.17. The predicted molar refractivity (Wildman–Crippen MR) is 91.2 cm³/mol. The molecule has 0 aliphatic heterocycles. The summed E-state index contributed by atoms with van der Waals surface area (Å²) in [5.41, 5.74) is 0.319. The second kappa shape index (κ2) is 7.53. The van der Waals surface area contributed by atoms with Gasteiger partial charge in [-0.05, 0) is 19.1 Å². The second-order valence-corrected chi connectivity index (χ2v) is 7.11. The van der Waals surface area contributed by atoms with Crippen molar-refractivity contribution < 1.29 is 17.9 Å². The summed E-state index contributed by atoms with van der Waals surface area (Å²) in [4.78, 5) is 25.3. The summed E-state index contributed by atoms with van der Waals surface area (Å²) < 4.78 is 32.2. The van der Waals surface area contributed by atoms with Gasteiger partial charge in [0.05, 0.1) is 18.6 Å². The summed E-state index contributed by atoms with van der Waals surface area (Å²) in [5, 5.41) is 0. The number of hydrogen-bond donors (Lipinski definition) is 1. The van der Waals surface area contributed by atoms with Crippen molar-refractivity contribution in [3.8, 4) is 6.01 Å². The molecule has 0 spiro atoms. The number of aromatic nitrogens is 3. The van der Waals surface area contributed by atoms with E-state index in [0.717, 1.165) is 0 Å². The Kier molecular flexibility index (Phi) is 5.65. The van der Waals surface area contributed by atoms with Crippen molar-refractivity contribution in [2.45, 2.75) is 18.4 Å². The van der Waals surface area contributed by atoms with Crippen LogP contribution in [0.1, 0.15) is 23.1 Å². The molecule has 1 aromatic carbocycles. The zero-order chi connectivity index (χ0) is 18.6. The van der Waals surface area contributed by atoms with Crippen LogP contribution in [0.25, 0.3) is 0 Å². The lowest BCUT2D eigenvalue weighted by molar-refractivity contribution is 0.101. The summed E-state index contributed by atoms with van der Waals surface area (Å²) in [6.07, 6.45) is 0. The first-order valence-electron chi connectivity index (χ1n) is 7.30. The van der Waals surface area contributed by atoms with Crippen LogP contribution in [0.2, 0.25) is 0 Å². The zero-order valence-electron chi connectivity index (χ0n) is 14.3. The maximum Gasteiger partial charge on any atom is 0.321 e. The Morgan fingerprint density at radius 3 is 2.56 bits per heavy atom. The molecular formula is C15H19N5O4S. The van der Waals surface area contributed by atoms with Gasteiger partial charge < -0.3 is 9.64 Å². The van der Waals surface area contributed by atoms with E-state index >= 15 is 0 Å². The van der Waals surface area contributed by atoms with Crippen molar-refractivity contribution in [2.75, 3.05) is 26.1 Å². The third-order valence-corrected chi connectivity index (χ3v) is 4.60. The summed E-state index contributed by atoms with van der Waals surface area (Å²) in [6, 6.07) is 5.90. The fourth-order valence-electron chi connectivity index (χ4n) is 1.88. The van der Waals surface area contributed by atoms with Crippen molar-refractivity contribution in [3.63, 3.8) is 0 Å². The third kappa shape index (κ3) is 4.70. The maximum atomic E-state index is 12.4. The molecule has 0 amide bonds. The number of ether oxygens (including phenoxy) is 1.